The molecule has 1 aliphatic heterocycles. The summed E-state index contributed by atoms with van der Waals surface area (Å²) < 4.78 is 1.15. The van der Waals surface area contributed by atoms with Crippen LogP contribution in [0.2, 0.25) is 0 Å². The molecule has 0 unspecified atom stereocenters. The lowest BCUT2D eigenvalue weighted by Crippen LogP contribution is -2.47. The largest absolute Gasteiger partial charge is 0.395 e. The number of hydrogen-bond acceptors (Lipinski definition) is 7. The van der Waals surface area contributed by atoms with Gasteiger partial charge in [-0.1, -0.05) is 21.6 Å². The van der Waals surface area contributed by atoms with E-state index in [-0.39, 0.29) is 6.61 Å². The quantitative estimate of drug-likeness (QED) is 0.491. The molecule has 2 rings (SSSR count). The van der Waals surface area contributed by atoms with E-state index in [0.717, 1.165) is 4.57 Å². The number of nitrogens with zero attached hydrogens (tertiary/aromatic N) is 1. The average molecular weight is 292 g/mol. The van der Waals surface area contributed by atoms with E-state index in [1.807, 2.05) is 0 Å². The maximum Gasteiger partial charge on any atom is 0.329 e. The number of rotatable bonds is 2. The van der Waals surface area contributed by atoms with E-state index >= 15 is 0 Å². The van der Waals surface area contributed by atoms with Gasteiger partial charge in [-0.15, -0.1) is 0 Å². The molecule has 1 aliphatic rings. The fourth-order valence-electron chi connectivity index (χ4n) is 1.61. The van der Waals surface area contributed by atoms with Crippen LogP contribution in [0.1, 0.15) is 5.37 Å². The van der Waals surface area contributed by atoms with Crippen LogP contribution in [-0.4, -0.2) is 48.9 Å². The van der Waals surface area contributed by atoms with Gasteiger partial charge < -0.3 is 15.3 Å². The second kappa shape index (κ2) is 5.49. The lowest BCUT2D eigenvalue weighted by molar-refractivity contribution is -0.00329. The summed E-state index contributed by atoms with van der Waals surface area (Å²) in [6.45, 7) is -0.261. The third-order valence-corrected chi connectivity index (χ3v) is 5.76. The van der Waals surface area contributed by atoms with Gasteiger partial charge >= 0.3 is 5.69 Å². The Morgan fingerprint density at radius 2 is 2.00 bits per heavy atom. The Kier molecular flexibility index (Phi) is 4.17. The van der Waals surface area contributed by atoms with Gasteiger partial charge in [0.2, 0.25) is 0 Å². The van der Waals surface area contributed by atoms with E-state index in [2.05, 4.69) is 4.98 Å². The first-order chi connectivity index (χ1) is 8.54. The van der Waals surface area contributed by atoms with Gasteiger partial charge in [-0.2, -0.15) is 0 Å². The summed E-state index contributed by atoms with van der Waals surface area (Å²) in [7, 11) is 2.36. The van der Waals surface area contributed by atoms with Gasteiger partial charge in [-0.05, 0) is 0 Å². The van der Waals surface area contributed by atoms with E-state index in [0.29, 0.717) is 0 Å². The van der Waals surface area contributed by atoms with Gasteiger partial charge in [0.25, 0.3) is 5.56 Å². The van der Waals surface area contributed by atoms with E-state index in [9.17, 15) is 19.8 Å². The van der Waals surface area contributed by atoms with Gasteiger partial charge in [0.1, 0.15) is 11.5 Å². The van der Waals surface area contributed by atoms with Crippen molar-refractivity contribution in [3.63, 3.8) is 0 Å². The summed E-state index contributed by atoms with van der Waals surface area (Å²) >= 11 is 0. The minimum absolute atomic E-state index is 0.261. The number of aromatic nitrogens is 2. The zero-order valence-corrected chi connectivity index (χ0v) is 10.7. The molecule has 7 nitrogen and oxygen atoms in total. The molecule has 9 heteroatoms. The zero-order chi connectivity index (χ0) is 13.3. The lowest BCUT2D eigenvalue weighted by Gasteiger charge is -2.35. The molecule has 1 saturated heterocycles. The smallest absolute Gasteiger partial charge is 0.329 e. The molecule has 0 spiro atoms. The first-order valence-corrected chi connectivity index (χ1v) is 7.43. The summed E-state index contributed by atoms with van der Waals surface area (Å²) in [5.74, 6) is 0. The van der Waals surface area contributed by atoms with Crippen LogP contribution in [0.15, 0.2) is 21.9 Å². The third-order valence-electron chi connectivity index (χ3n) is 2.61. The molecule has 0 amide bonds. The molecule has 100 valence electrons. The van der Waals surface area contributed by atoms with Crippen molar-refractivity contribution >= 4 is 21.6 Å². The van der Waals surface area contributed by atoms with Gasteiger partial charge in [0, 0.05) is 12.3 Å². The number of aromatic amines is 1. The van der Waals surface area contributed by atoms with Gasteiger partial charge in [-0.25, -0.2) is 4.79 Å². The monoisotopic (exact) mass is 292 g/mol. The molecule has 4 N–H and O–H groups in total. The van der Waals surface area contributed by atoms with Crippen LogP contribution < -0.4 is 11.2 Å². The van der Waals surface area contributed by atoms with Gasteiger partial charge in [0.05, 0.1) is 18.0 Å². The van der Waals surface area contributed by atoms with Crippen LogP contribution in [0, 0.1) is 0 Å². The molecule has 1 aromatic heterocycles. The van der Waals surface area contributed by atoms with Gasteiger partial charge in [0.15, 0.2) is 0 Å². The van der Waals surface area contributed by atoms with Crippen LogP contribution in [-0.2, 0) is 0 Å². The van der Waals surface area contributed by atoms with Crippen molar-refractivity contribution in [2.45, 2.75) is 22.8 Å². The first-order valence-electron chi connectivity index (χ1n) is 5.15. The Labute approximate surface area is 109 Å². The number of H-pyrrole nitrogens is 1. The first kappa shape index (κ1) is 13.7. The maximum atomic E-state index is 11.6. The van der Waals surface area contributed by atoms with Crippen molar-refractivity contribution in [3.8, 4) is 0 Å². The molecule has 0 aliphatic carbocycles. The lowest BCUT2D eigenvalue weighted by atomic mass is 10.1. The summed E-state index contributed by atoms with van der Waals surface area (Å²) in [6.07, 6.45) is -1.06. The van der Waals surface area contributed by atoms with Crippen molar-refractivity contribution in [1.82, 2.24) is 9.55 Å². The molecular weight excluding hydrogens is 280 g/mol. The second-order valence-electron chi connectivity index (χ2n) is 3.80. The average Bonchev–Trinajstić information content (AvgIpc) is 2.34. The minimum Gasteiger partial charge on any atom is -0.395 e. The molecular formula is C9H12N2O5S2. The molecule has 0 radical (unpaired) electrons. The third kappa shape index (κ3) is 2.50. The predicted octanol–water partition coefficient (Wildman–Crippen LogP) is -1.49. The summed E-state index contributed by atoms with van der Waals surface area (Å²) in [5, 5.41) is 27.5. The fraction of sp³-hybridized carbons (Fsp3) is 0.556. The number of nitrogens with one attached hydrogen (secondary N) is 1. The van der Waals surface area contributed by atoms with Crippen LogP contribution in [0.4, 0.5) is 0 Å². The highest BCUT2D eigenvalue weighted by Crippen LogP contribution is 2.46. The number of aliphatic hydroxyl groups excluding tert-OH is 3. The Hall–Kier alpha value is -0.740. The normalized spacial score (nSPS) is 32.4. The minimum atomic E-state index is -1.20. The Morgan fingerprint density at radius 1 is 1.28 bits per heavy atom. The van der Waals surface area contributed by atoms with Crippen molar-refractivity contribution in [3.05, 3.63) is 33.1 Å². The van der Waals surface area contributed by atoms with Crippen molar-refractivity contribution in [2.75, 3.05) is 6.61 Å². The summed E-state index contributed by atoms with van der Waals surface area (Å²) in [6, 6.07) is 1.17. The number of aliphatic hydroxyl groups is 3. The van der Waals surface area contributed by atoms with Crippen LogP contribution in [0.5, 0.6) is 0 Å². The zero-order valence-electron chi connectivity index (χ0n) is 9.09. The van der Waals surface area contributed by atoms with E-state index < -0.39 is 34.1 Å². The van der Waals surface area contributed by atoms with Crippen LogP contribution >= 0.6 is 21.6 Å². The molecule has 2 heterocycles. The predicted molar refractivity (Wildman–Crippen MR) is 68.4 cm³/mol. The summed E-state index contributed by atoms with van der Waals surface area (Å²) in [5.41, 5.74) is -1.16. The molecule has 1 fully saturated rings. The molecule has 1 aromatic rings. The molecule has 0 bridgehead atoms. The van der Waals surface area contributed by atoms with Crippen molar-refractivity contribution in [2.24, 2.45) is 0 Å². The Balaban J connectivity index is 2.29. The summed E-state index contributed by atoms with van der Waals surface area (Å²) in [4.78, 5) is 24.6. The Bertz CT molecular complexity index is 530. The molecule has 0 aromatic carbocycles. The fourth-order valence-corrected chi connectivity index (χ4v) is 4.65. The highest BCUT2D eigenvalue weighted by Gasteiger charge is 2.39. The second-order valence-corrected chi connectivity index (χ2v) is 6.43. The molecule has 4 atom stereocenters. The van der Waals surface area contributed by atoms with Crippen molar-refractivity contribution < 1.29 is 15.3 Å². The van der Waals surface area contributed by atoms with Crippen molar-refractivity contribution in [1.29, 1.82) is 0 Å². The molecule has 0 saturated carbocycles. The topological polar surface area (TPSA) is 116 Å². The van der Waals surface area contributed by atoms with Crippen LogP contribution in [0.3, 0.4) is 0 Å². The van der Waals surface area contributed by atoms with Gasteiger partial charge in [-0.3, -0.25) is 14.3 Å². The highest BCUT2D eigenvalue weighted by atomic mass is 33.1. The van der Waals surface area contributed by atoms with E-state index in [1.54, 1.807) is 0 Å². The standard InChI is InChI=1S/C9H12N2O5S2/c12-3-4-6(14)7(15)8(18-17-4)11-2-1-5(13)10-9(11)16/h1-2,4,6-8,12,14-15H,3H2,(H,10,13,16)/t4-,6-,7-,8+/m1/s1. The maximum absolute atomic E-state index is 11.6. The Morgan fingerprint density at radius 3 is 2.61 bits per heavy atom. The highest BCUT2D eigenvalue weighted by molar-refractivity contribution is 8.77. The molecule has 18 heavy (non-hydrogen) atoms. The SMILES string of the molecule is O=c1ccn([C@H]2SS[C@H](CO)[C@@H](O)[C@H]2O)c(=O)[nH]1. The van der Waals surface area contributed by atoms with Crippen LogP contribution in [0.25, 0.3) is 0 Å². The van der Waals surface area contributed by atoms with E-state index in [1.165, 1.54) is 33.9 Å². The van der Waals surface area contributed by atoms with E-state index in [4.69, 9.17) is 5.11 Å². The number of hydrogen-bond donors (Lipinski definition) is 4.